The van der Waals surface area contributed by atoms with Gasteiger partial charge in [0.15, 0.2) is 6.29 Å². The maximum absolute atomic E-state index is 10.5. The Morgan fingerprint density at radius 2 is 2.19 bits per heavy atom. The Bertz CT molecular complexity index is 441. The Kier molecular flexibility index (Phi) is 9.94. The van der Waals surface area contributed by atoms with Gasteiger partial charge in [-0.2, -0.15) is 0 Å². The lowest BCUT2D eigenvalue weighted by molar-refractivity contribution is -0.195. The van der Waals surface area contributed by atoms with E-state index in [2.05, 4.69) is 10.6 Å². The summed E-state index contributed by atoms with van der Waals surface area (Å²) >= 11 is 0. The van der Waals surface area contributed by atoms with Crippen LogP contribution >= 0.6 is 0 Å². The van der Waals surface area contributed by atoms with E-state index in [0.29, 0.717) is 32.4 Å². The van der Waals surface area contributed by atoms with E-state index in [-0.39, 0.29) is 25.2 Å². The maximum Gasteiger partial charge on any atom is 0.200 e. The highest BCUT2D eigenvalue weighted by atomic mass is 16.7. The summed E-state index contributed by atoms with van der Waals surface area (Å²) in [6.45, 7) is 2.06. The van der Waals surface area contributed by atoms with E-state index in [0.717, 1.165) is 25.1 Å². The molecule has 0 saturated heterocycles. The van der Waals surface area contributed by atoms with Gasteiger partial charge in [-0.15, -0.1) is 0 Å². The maximum atomic E-state index is 10.5. The molecule has 1 fully saturated rings. The molecular formula is C18H36N4O5. The molecule has 0 radical (unpaired) electrons. The summed E-state index contributed by atoms with van der Waals surface area (Å²) in [5, 5.41) is 35.3. The third-order valence-corrected chi connectivity index (χ3v) is 4.98. The van der Waals surface area contributed by atoms with Crippen LogP contribution < -0.4 is 22.1 Å². The van der Waals surface area contributed by atoms with Crippen LogP contribution in [0.2, 0.25) is 0 Å². The van der Waals surface area contributed by atoms with E-state index >= 15 is 0 Å². The number of aliphatic hydroxyl groups excluding tert-OH is 3. The highest BCUT2D eigenvalue weighted by Crippen LogP contribution is 2.26. The molecule has 1 aliphatic heterocycles. The van der Waals surface area contributed by atoms with Gasteiger partial charge in [-0.1, -0.05) is 0 Å². The van der Waals surface area contributed by atoms with Crippen LogP contribution in [-0.4, -0.2) is 84.8 Å². The second kappa shape index (κ2) is 11.9. The number of hydrogen-bond donors (Lipinski definition) is 7. The van der Waals surface area contributed by atoms with Gasteiger partial charge in [0.2, 0.25) is 0 Å². The Morgan fingerprint density at radius 1 is 1.37 bits per heavy atom. The van der Waals surface area contributed by atoms with Crippen LogP contribution in [0.3, 0.4) is 0 Å². The number of nitrogens with two attached hydrogens (primary N) is 2. The van der Waals surface area contributed by atoms with Crippen molar-refractivity contribution in [1.29, 1.82) is 0 Å². The van der Waals surface area contributed by atoms with Crippen molar-refractivity contribution in [2.24, 2.45) is 11.5 Å². The van der Waals surface area contributed by atoms with Gasteiger partial charge >= 0.3 is 0 Å². The molecule has 0 bridgehead atoms. The van der Waals surface area contributed by atoms with E-state index in [1.54, 1.807) is 0 Å². The van der Waals surface area contributed by atoms with E-state index in [1.807, 2.05) is 6.08 Å². The smallest absolute Gasteiger partial charge is 0.200 e. The number of ether oxygens (including phenoxy) is 2. The van der Waals surface area contributed by atoms with Crippen LogP contribution in [-0.2, 0) is 9.47 Å². The first-order valence-electron chi connectivity index (χ1n) is 9.91. The zero-order chi connectivity index (χ0) is 19.6. The summed E-state index contributed by atoms with van der Waals surface area (Å²) in [5.74, 6) is 0.818. The molecule has 9 heteroatoms. The quantitative estimate of drug-likeness (QED) is 0.201. The third-order valence-electron chi connectivity index (χ3n) is 4.98. The fourth-order valence-electron chi connectivity index (χ4n) is 3.47. The van der Waals surface area contributed by atoms with E-state index in [1.165, 1.54) is 0 Å². The molecule has 9 N–H and O–H groups in total. The summed E-state index contributed by atoms with van der Waals surface area (Å²) in [5.41, 5.74) is 11.7. The van der Waals surface area contributed by atoms with Gasteiger partial charge in [-0.25, -0.2) is 0 Å². The molecule has 1 saturated carbocycles. The van der Waals surface area contributed by atoms with Crippen molar-refractivity contribution in [3.8, 4) is 0 Å². The average molecular weight is 389 g/mol. The van der Waals surface area contributed by atoms with Crippen LogP contribution in [0, 0.1) is 0 Å². The first-order valence-corrected chi connectivity index (χ1v) is 9.91. The molecule has 0 aromatic rings. The molecule has 6 atom stereocenters. The largest absolute Gasteiger partial charge is 0.468 e. The van der Waals surface area contributed by atoms with Crippen LogP contribution in [0.25, 0.3) is 0 Å². The van der Waals surface area contributed by atoms with Crippen molar-refractivity contribution in [3.05, 3.63) is 11.8 Å². The van der Waals surface area contributed by atoms with Crippen LogP contribution in [0.5, 0.6) is 0 Å². The van der Waals surface area contributed by atoms with Crippen LogP contribution in [0.15, 0.2) is 11.8 Å². The fraction of sp³-hybridized carbons (Fsp3) is 0.889. The van der Waals surface area contributed by atoms with Gasteiger partial charge in [0.25, 0.3) is 0 Å². The predicted molar refractivity (Wildman–Crippen MR) is 102 cm³/mol. The Balaban J connectivity index is 1.75. The molecule has 1 aliphatic carbocycles. The van der Waals surface area contributed by atoms with Crippen LogP contribution in [0.4, 0.5) is 0 Å². The van der Waals surface area contributed by atoms with E-state index < -0.39 is 24.6 Å². The molecule has 0 amide bonds. The minimum atomic E-state index is -0.693. The van der Waals surface area contributed by atoms with Gasteiger partial charge in [-0.05, 0) is 38.3 Å². The average Bonchev–Trinajstić information content (AvgIpc) is 2.66. The second-order valence-electron chi connectivity index (χ2n) is 7.35. The van der Waals surface area contributed by atoms with E-state index in [9.17, 15) is 10.2 Å². The Hall–Kier alpha value is -0.780. The summed E-state index contributed by atoms with van der Waals surface area (Å²) in [6, 6.07) is -0.295. The fourth-order valence-corrected chi connectivity index (χ4v) is 3.47. The normalized spacial score (nSPS) is 32.6. The number of nitrogens with one attached hydrogen (secondary N) is 2. The molecule has 1 heterocycles. The highest BCUT2D eigenvalue weighted by molar-refractivity contribution is 5.00. The van der Waals surface area contributed by atoms with Gasteiger partial charge in [0.05, 0.1) is 18.8 Å². The summed E-state index contributed by atoms with van der Waals surface area (Å²) < 4.78 is 11.9. The Morgan fingerprint density at radius 3 is 2.89 bits per heavy atom. The Labute approximate surface area is 161 Å². The van der Waals surface area contributed by atoms with Crippen LogP contribution in [0.1, 0.15) is 32.1 Å². The molecule has 0 aromatic heterocycles. The lowest BCUT2D eigenvalue weighted by Crippen LogP contribution is -2.57. The molecular weight excluding hydrogens is 352 g/mol. The van der Waals surface area contributed by atoms with Crippen molar-refractivity contribution >= 4 is 0 Å². The summed E-state index contributed by atoms with van der Waals surface area (Å²) in [7, 11) is 0. The first kappa shape index (κ1) is 22.5. The highest BCUT2D eigenvalue weighted by Gasteiger charge is 2.38. The van der Waals surface area contributed by atoms with Crippen molar-refractivity contribution in [1.82, 2.24) is 10.6 Å². The van der Waals surface area contributed by atoms with Crippen molar-refractivity contribution in [2.45, 2.75) is 68.8 Å². The zero-order valence-electron chi connectivity index (χ0n) is 15.9. The molecule has 9 nitrogen and oxygen atoms in total. The molecule has 4 unspecified atom stereocenters. The third kappa shape index (κ3) is 7.63. The molecule has 158 valence electrons. The number of aliphatic hydroxyl groups is 3. The monoisotopic (exact) mass is 388 g/mol. The lowest BCUT2D eigenvalue weighted by atomic mass is 9.86. The van der Waals surface area contributed by atoms with Gasteiger partial charge < -0.3 is 46.9 Å². The van der Waals surface area contributed by atoms with Crippen molar-refractivity contribution in [2.75, 3.05) is 32.8 Å². The predicted octanol–water partition coefficient (Wildman–Crippen LogP) is -1.88. The molecule has 2 rings (SSSR count). The SMILES string of the molecule is NCC(O)CNC1CC(N)[C@@H](O[C@@H]2CCC=C(CNCCCO)O2)C(O)C1. The summed E-state index contributed by atoms with van der Waals surface area (Å²) in [4.78, 5) is 0. The lowest BCUT2D eigenvalue weighted by Gasteiger charge is -2.40. The topological polar surface area (TPSA) is 155 Å². The zero-order valence-corrected chi connectivity index (χ0v) is 15.9. The van der Waals surface area contributed by atoms with Crippen molar-refractivity contribution in [3.63, 3.8) is 0 Å². The first-order chi connectivity index (χ1) is 13.0. The molecule has 27 heavy (non-hydrogen) atoms. The number of allylic oxidation sites excluding steroid dienone is 1. The van der Waals surface area contributed by atoms with E-state index in [4.69, 9.17) is 26.0 Å². The summed E-state index contributed by atoms with van der Waals surface area (Å²) in [6.07, 6.45) is 3.28. The molecule has 2 aliphatic rings. The van der Waals surface area contributed by atoms with Gasteiger partial charge in [0.1, 0.15) is 11.9 Å². The number of rotatable bonds is 11. The second-order valence-corrected chi connectivity index (χ2v) is 7.35. The molecule has 0 aromatic carbocycles. The van der Waals surface area contributed by atoms with Crippen molar-refractivity contribution < 1.29 is 24.8 Å². The minimum absolute atomic E-state index is 0.0227. The number of hydrogen-bond acceptors (Lipinski definition) is 9. The minimum Gasteiger partial charge on any atom is -0.468 e. The van der Waals surface area contributed by atoms with Gasteiger partial charge in [-0.3, -0.25) is 0 Å². The molecule has 0 spiro atoms. The standard InChI is InChI=1S/C18H36N4O5/c19-9-13(24)10-22-12-7-15(20)18(16(25)8-12)27-17-4-1-3-14(26-17)11-21-5-2-6-23/h3,12-13,15-18,21-25H,1-2,4-11,19-20H2/t12?,13?,15?,16?,17-,18-/m1/s1. The van der Waals surface area contributed by atoms with Gasteiger partial charge in [0, 0.05) is 38.2 Å².